The maximum absolute atomic E-state index is 12.0. The van der Waals surface area contributed by atoms with Gasteiger partial charge in [0.2, 0.25) is 11.8 Å². The Morgan fingerprint density at radius 3 is 2.70 bits per heavy atom. The van der Waals surface area contributed by atoms with E-state index in [1.807, 2.05) is 29.6 Å². The Kier molecular flexibility index (Phi) is 4.94. The van der Waals surface area contributed by atoms with Crippen LogP contribution in [0, 0.1) is 0 Å². The predicted molar refractivity (Wildman–Crippen MR) is 94.7 cm³/mol. The van der Waals surface area contributed by atoms with E-state index in [4.69, 9.17) is 0 Å². The first-order valence-electron chi connectivity index (χ1n) is 7.07. The summed E-state index contributed by atoms with van der Waals surface area (Å²) in [6.45, 7) is 1.47. The number of thiazole rings is 1. The number of amides is 2. The Morgan fingerprint density at radius 2 is 2.04 bits per heavy atom. The van der Waals surface area contributed by atoms with Gasteiger partial charge in [-0.3, -0.25) is 14.9 Å². The molecule has 23 heavy (non-hydrogen) atoms. The molecule has 6 nitrogen and oxygen atoms in total. The summed E-state index contributed by atoms with van der Waals surface area (Å²) in [4.78, 5) is 27.5. The van der Waals surface area contributed by atoms with Crippen LogP contribution in [0.1, 0.15) is 6.92 Å². The highest BCUT2D eigenvalue weighted by Gasteiger charge is 2.23. The van der Waals surface area contributed by atoms with Crippen molar-refractivity contribution in [2.24, 2.45) is 0 Å². The van der Waals surface area contributed by atoms with Crippen LogP contribution in [-0.4, -0.2) is 34.5 Å². The minimum Gasteiger partial charge on any atom is -0.326 e. The van der Waals surface area contributed by atoms with Gasteiger partial charge in [0.25, 0.3) is 0 Å². The third-order valence-electron chi connectivity index (χ3n) is 3.27. The van der Waals surface area contributed by atoms with E-state index in [2.05, 4.69) is 20.9 Å². The topological polar surface area (TPSA) is 83.1 Å². The second kappa shape index (κ2) is 7.12. The van der Waals surface area contributed by atoms with E-state index in [0.29, 0.717) is 5.13 Å². The van der Waals surface area contributed by atoms with Crippen LogP contribution in [0.25, 0.3) is 11.3 Å². The maximum Gasteiger partial charge on any atom is 0.244 e. The summed E-state index contributed by atoms with van der Waals surface area (Å²) in [6.07, 6.45) is 0. The monoisotopic (exact) mass is 348 g/mol. The molecule has 3 N–H and O–H groups in total. The van der Waals surface area contributed by atoms with E-state index in [0.717, 1.165) is 28.6 Å². The van der Waals surface area contributed by atoms with Gasteiger partial charge in [0.15, 0.2) is 5.13 Å². The molecule has 2 aromatic rings. The largest absolute Gasteiger partial charge is 0.326 e. The highest BCUT2D eigenvalue weighted by molar-refractivity contribution is 7.99. The molecule has 120 valence electrons. The molecule has 0 radical (unpaired) electrons. The second-order valence-corrected chi connectivity index (χ2v) is 6.95. The summed E-state index contributed by atoms with van der Waals surface area (Å²) in [6, 6.07) is 7.29. The molecule has 3 rings (SSSR count). The summed E-state index contributed by atoms with van der Waals surface area (Å²) >= 11 is 3.11. The van der Waals surface area contributed by atoms with Gasteiger partial charge < -0.3 is 10.6 Å². The molecule has 2 heterocycles. The summed E-state index contributed by atoms with van der Waals surface area (Å²) in [5.41, 5.74) is 2.48. The molecular formula is C15H16N4O2S2. The first-order chi connectivity index (χ1) is 11.1. The second-order valence-electron chi connectivity index (χ2n) is 5.06. The number of carbonyl (C=O) groups is 2. The van der Waals surface area contributed by atoms with Crippen LogP contribution in [0.15, 0.2) is 29.6 Å². The zero-order valence-corrected chi connectivity index (χ0v) is 14.1. The number of benzene rings is 1. The average Bonchev–Trinajstić information content (AvgIpc) is 3.18. The van der Waals surface area contributed by atoms with Gasteiger partial charge in [0, 0.05) is 35.2 Å². The van der Waals surface area contributed by atoms with Crippen molar-refractivity contribution in [3.63, 3.8) is 0 Å². The average molecular weight is 348 g/mol. The minimum absolute atomic E-state index is 0.0445. The summed E-state index contributed by atoms with van der Waals surface area (Å²) in [7, 11) is 0. The number of nitrogens with zero attached hydrogens (tertiary/aromatic N) is 1. The Labute approximate surface area is 142 Å². The predicted octanol–water partition coefficient (Wildman–Crippen LogP) is 2.37. The molecule has 1 aliphatic rings. The lowest BCUT2D eigenvalue weighted by Crippen LogP contribution is -2.37. The molecule has 1 aliphatic heterocycles. The number of thioether (sulfide) groups is 1. The Morgan fingerprint density at radius 1 is 1.26 bits per heavy atom. The van der Waals surface area contributed by atoms with Crippen molar-refractivity contribution >= 4 is 45.7 Å². The smallest absolute Gasteiger partial charge is 0.244 e. The van der Waals surface area contributed by atoms with Crippen molar-refractivity contribution in [1.29, 1.82) is 0 Å². The molecule has 1 aromatic heterocycles. The first-order valence-corrected chi connectivity index (χ1v) is 9.11. The molecule has 1 saturated heterocycles. The van der Waals surface area contributed by atoms with Crippen molar-refractivity contribution in [2.45, 2.75) is 13.0 Å². The SMILES string of the molecule is CC(=O)Nc1ccc(-c2csc(NC(=O)C3CSCN3)n2)cc1. The first kappa shape index (κ1) is 16.0. The minimum atomic E-state index is -0.149. The van der Waals surface area contributed by atoms with Gasteiger partial charge in [-0.05, 0) is 12.1 Å². The van der Waals surface area contributed by atoms with Crippen molar-refractivity contribution in [1.82, 2.24) is 10.3 Å². The highest BCUT2D eigenvalue weighted by Crippen LogP contribution is 2.26. The van der Waals surface area contributed by atoms with Crippen LogP contribution in [-0.2, 0) is 9.59 Å². The van der Waals surface area contributed by atoms with E-state index in [1.54, 1.807) is 11.8 Å². The lowest BCUT2D eigenvalue weighted by Gasteiger charge is -2.07. The molecule has 8 heteroatoms. The number of hydrogen-bond donors (Lipinski definition) is 3. The van der Waals surface area contributed by atoms with Crippen LogP contribution in [0.3, 0.4) is 0 Å². The lowest BCUT2D eigenvalue weighted by molar-refractivity contribution is -0.117. The number of aromatic nitrogens is 1. The van der Waals surface area contributed by atoms with Gasteiger partial charge in [0.05, 0.1) is 11.7 Å². The third-order valence-corrected chi connectivity index (χ3v) is 4.97. The molecular weight excluding hydrogens is 332 g/mol. The Bertz CT molecular complexity index is 709. The van der Waals surface area contributed by atoms with E-state index in [1.165, 1.54) is 18.3 Å². The molecule has 0 spiro atoms. The number of carbonyl (C=O) groups excluding carboxylic acids is 2. The van der Waals surface area contributed by atoms with Crippen LogP contribution >= 0.6 is 23.1 Å². The van der Waals surface area contributed by atoms with Gasteiger partial charge in [-0.15, -0.1) is 23.1 Å². The molecule has 0 aliphatic carbocycles. The van der Waals surface area contributed by atoms with Crippen LogP contribution in [0.5, 0.6) is 0 Å². The highest BCUT2D eigenvalue weighted by atomic mass is 32.2. The van der Waals surface area contributed by atoms with Crippen molar-refractivity contribution in [2.75, 3.05) is 22.3 Å². The fraction of sp³-hybridized carbons (Fsp3) is 0.267. The van der Waals surface area contributed by atoms with Gasteiger partial charge in [0.1, 0.15) is 0 Å². The molecule has 2 amide bonds. The Balaban J connectivity index is 1.66. The fourth-order valence-corrected chi connectivity index (χ4v) is 3.81. The van der Waals surface area contributed by atoms with E-state index in [-0.39, 0.29) is 17.9 Å². The van der Waals surface area contributed by atoms with E-state index in [9.17, 15) is 9.59 Å². The summed E-state index contributed by atoms with van der Waals surface area (Å²) in [5, 5.41) is 11.2. The molecule has 0 saturated carbocycles. The van der Waals surface area contributed by atoms with Crippen molar-refractivity contribution in [3.8, 4) is 11.3 Å². The van der Waals surface area contributed by atoms with Crippen LogP contribution < -0.4 is 16.0 Å². The van der Waals surface area contributed by atoms with Crippen molar-refractivity contribution in [3.05, 3.63) is 29.6 Å². The van der Waals surface area contributed by atoms with Crippen LogP contribution in [0.2, 0.25) is 0 Å². The normalized spacial score (nSPS) is 17.0. The third kappa shape index (κ3) is 4.10. The maximum atomic E-state index is 12.0. The van der Waals surface area contributed by atoms with E-state index >= 15 is 0 Å². The molecule has 1 unspecified atom stereocenters. The van der Waals surface area contributed by atoms with Crippen molar-refractivity contribution < 1.29 is 9.59 Å². The zero-order valence-electron chi connectivity index (χ0n) is 12.5. The van der Waals surface area contributed by atoms with Gasteiger partial charge in [-0.25, -0.2) is 4.98 Å². The molecule has 1 atom stereocenters. The van der Waals surface area contributed by atoms with Gasteiger partial charge >= 0.3 is 0 Å². The molecule has 0 bridgehead atoms. The Hall–Kier alpha value is -1.90. The molecule has 1 fully saturated rings. The van der Waals surface area contributed by atoms with Gasteiger partial charge in [-0.1, -0.05) is 12.1 Å². The van der Waals surface area contributed by atoms with Gasteiger partial charge in [-0.2, -0.15) is 0 Å². The number of nitrogens with one attached hydrogen (secondary N) is 3. The molecule has 1 aromatic carbocycles. The quantitative estimate of drug-likeness (QED) is 0.790. The number of rotatable bonds is 4. The summed E-state index contributed by atoms with van der Waals surface area (Å²) in [5.74, 6) is 1.45. The standard InChI is InChI=1S/C15H16N4O2S2/c1-9(20)17-11-4-2-10(3-5-11)12-7-23-15(18-12)19-14(21)13-6-22-8-16-13/h2-5,7,13,16H,6,8H2,1H3,(H,17,20)(H,18,19,21). The fourth-order valence-electron chi connectivity index (χ4n) is 2.15. The van der Waals surface area contributed by atoms with E-state index < -0.39 is 0 Å². The summed E-state index contributed by atoms with van der Waals surface area (Å²) < 4.78 is 0. The number of anilines is 2. The number of hydrogen-bond acceptors (Lipinski definition) is 6. The lowest BCUT2D eigenvalue weighted by atomic mass is 10.1. The van der Waals surface area contributed by atoms with Crippen LogP contribution in [0.4, 0.5) is 10.8 Å². The zero-order chi connectivity index (χ0) is 16.2.